The number of carbonyl (C=O) groups excluding carboxylic acids is 1. The van der Waals surface area contributed by atoms with Crippen LogP contribution in [0.25, 0.3) is 0 Å². The molecule has 2 rings (SSSR count). The van der Waals surface area contributed by atoms with Crippen LogP contribution >= 0.6 is 0 Å². The molecule has 0 aliphatic heterocycles. The van der Waals surface area contributed by atoms with Gasteiger partial charge in [0.1, 0.15) is 6.10 Å². The van der Waals surface area contributed by atoms with Gasteiger partial charge in [0, 0.05) is 13.2 Å². The van der Waals surface area contributed by atoms with E-state index in [1.165, 1.54) is 0 Å². The lowest BCUT2D eigenvalue weighted by atomic mass is 10.0. The van der Waals surface area contributed by atoms with E-state index in [0.29, 0.717) is 11.3 Å². The molecule has 1 N–H and O–H groups in total. The first-order chi connectivity index (χ1) is 7.70. The van der Waals surface area contributed by atoms with E-state index in [9.17, 15) is 9.90 Å². The molecule has 0 radical (unpaired) electrons. The summed E-state index contributed by atoms with van der Waals surface area (Å²) >= 11 is 0. The monoisotopic (exact) mass is 215 g/mol. The number of benzene rings is 1. The fourth-order valence-corrected chi connectivity index (χ4v) is 1.64. The molecule has 3 heteroatoms. The Morgan fingerprint density at radius 3 is 2.44 bits per heavy atom. The molecular weight excluding hydrogens is 202 g/mol. The summed E-state index contributed by atoms with van der Waals surface area (Å²) in [6.45, 7) is 0. The van der Waals surface area contributed by atoms with Crippen LogP contribution in [-0.2, 0) is 7.05 Å². The Hall–Kier alpha value is -1.87. The van der Waals surface area contributed by atoms with Gasteiger partial charge in [-0.2, -0.15) is 0 Å². The van der Waals surface area contributed by atoms with Gasteiger partial charge in [-0.15, -0.1) is 0 Å². The third kappa shape index (κ3) is 1.90. The van der Waals surface area contributed by atoms with Crippen LogP contribution in [0.4, 0.5) is 0 Å². The maximum atomic E-state index is 12.0. The lowest BCUT2D eigenvalue weighted by Gasteiger charge is -2.10. The van der Waals surface area contributed by atoms with Gasteiger partial charge in [0.05, 0.1) is 5.69 Å². The van der Waals surface area contributed by atoms with Crippen LogP contribution in [0.1, 0.15) is 22.2 Å². The predicted octanol–water partition coefficient (Wildman–Crippen LogP) is 1.94. The molecule has 1 aromatic heterocycles. The summed E-state index contributed by atoms with van der Waals surface area (Å²) < 4.78 is 1.70. The smallest absolute Gasteiger partial charge is 0.212 e. The zero-order valence-electron chi connectivity index (χ0n) is 9.00. The summed E-state index contributed by atoms with van der Waals surface area (Å²) in [5.41, 5.74) is 1.13. The molecule has 1 atom stereocenters. The number of aliphatic hydroxyl groups is 1. The molecule has 16 heavy (non-hydrogen) atoms. The molecule has 0 saturated carbocycles. The first-order valence-electron chi connectivity index (χ1n) is 5.08. The van der Waals surface area contributed by atoms with Gasteiger partial charge in [-0.05, 0) is 17.7 Å². The minimum absolute atomic E-state index is 0.279. The quantitative estimate of drug-likeness (QED) is 0.795. The number of aryl methyl sites for hydroxylation is 1. The Morgan fingerprint density at radius 2 is 1.88 bits per heavy atom. The van der Waals surface area contributed by atoms with Crippen molar-refractivity contribution >= 4 is 5.78 Å². The fourth-order valence-electron chi connectivity index (χ4n) is 1.64. The first kappa shape index (κ1) is 10.6. The van der Waals surface area contributed by atoms with Gasteiger partial charge in [-0.1, -0.05) is 30.3 Å². The molecule has 0 aliphatic carbocycles. The minimum Gasteiger partial charge on any atom is -0.380 e. The van der Waals surface area contributed by atoms with Crippen molar-refractivity contribution in [2.75, 3.05) is 0 Å². The second-order valence-electron chi connectivity index (χ2n) is 3.68. The second kappa shape index (κ2) is 4.33. The van der Waals surface area contributed by atoms with Crippen molar-refractivity contribution in [3.05, 3.63) is 59.9 Å². The highest BCUT2D eigenvalue weighted by atomic mass is 16.3. The van der Waals surface area contributed by atoms with Crippen molar-refractivity contribution in [1.82, 2.24) is 4.57 Å². The lowest BCUT2D eigenvalue weighted by molar-refractivity contribution is 0.0738. The summed E-state index contributed by atoms with van der Waals surface area (Å²) in [6.07, 6.45) is 0.695. The summed E-state index contributed by atoms with van der Waals surface area (Å²) in [5.74, 6) is -0.279. The second-order valence-corrected chi connectivity index (χ2v) is 3.68. The summed E-state index contributed by atoms with van der Waals surface area (Å²) in [4.78, 5) is 12.0. The molecule has 0 fully saturated rings. The molecule has 2 aromatic rings. The number of aliphatic hydroxyl groups excluding tert-OH is 1. The Bertz CT molecular complexity index is 488. The van der Waals surface area contributed by atoms with Crippen molar-refractivity contribution in [1.29, 1.82) is 0 Å². The average molecular weight is 215 g/mol. The minimum atomic E-state index is -1.09. The highest BCUT2D eigenvalue weighted by Crippen LogP contribution is 2.17. The molecule has 1 aromatic carbocycles. The van der Waals surface area contributed by atoms with Crippen LogP contribution in [0.5, 0.6) is 0 Å². The summed E-state index contributed by atoms with van der Waals surface area (Å²) in [6, 6.07) is 12.4. The van der Waals surface area contributed by atoms with Crippen LogP contribution in [0.2, 0.25) is 0 Å². The standard InChI is InChI=1S/C13H13NO2/c1-14-9-5-8-11(14)13(16)12(15)10-6-3-2-4-7-10/h2-9,12,15H,1H3. The zero-order chi connectivity index (χ0) is 11.5. The fraction of sp³-hybridized carbons (Fsp3) is 0.154. The van der Waals surface area contributed by atoms with E-state index in [1.807, 2.05) is 6.07 Å². The number of aromatic nitrogens is 1. The first-order valence-corrected chi connectivity index (χ1v) is 5.08. The van der Waals surface area contributed by atoms with Crippen molar-refractivity contribution in [3.8, 4) is 0 Å². The van der Waals surface area contributed by atoms with Gasteiger partial charge in [-0.25, -0.2) is 0 Å². The largest absolute Gasteiger partial charge is 0.380 e. The number of carbonyl (C=O) groups is 1. The van der Waals surface area contributed by atoms with Crippen LogP contribution < -0.4 is 0 Å². The SMILES string of the molecule is Cn1cccc1C(=O)C(O)c1ccccc1. The zero-order valence-corrected chi connectivity index (χ0v) is 9.00. The van der Waals surface area contributed by atoms with Crippen molar-refractivity contribution < 1.29 is 9.90 Å². The topological polar surface area (TPSA) is 42.2 Å². The van der Waals surface area contributed by atoms with Crippen LogP contribution in [0.15, 0.2) is 48.7 Å². The van der Waals surface area contributed by atoms with E-state index in [-0.39, 0.29) is 5.78 Å². The molecule has 0 amide bonds. The molecule has 0 aliphatic rings. The summed E-state index contributed by atoms with van der Waals surface area (Å²) in [5, 5.41) is 9.92. The number of hydrogen-bond donors (Lipinski definition) is 1. The Morgan fingerprint density at radius 1 is 1.19 bits per heavy atom. The molecule has 3 nitrogen and oxygen atoms in total. The molecule has 0 saturated heterocycles. The predicted molar refractivity (Wildman–Crippen MR) is 61.1 cm³/mol. The van der Waals surface area contributed by atoms with E-state index >= 15 is 0 Å². The molecule has 1 unspecified atom stereocenters. The van der Waals surface area contributed by atoms with E-state index in [1.54, 1.807) is 54.2 Å². The highest BCUT2D eigenvalue weighted by molar-refractivity contribution is 5.98. The van der Waals surface area contributed by atoms with E-state index in [2.05, 4.69) is 0 Å². The van der Waals surface area contributed by atoms with Crippen molar-refractivity contribution in [2.45, 2.75) is 6.10 Å². The maximum absolute atomic E-state index is 12.0. The van der Waals surface area contributed by atoms with Crippen molar-refractivity contribution in [2.24, 2.45) is 7.05 Å². The van der Waals surface area contributed by atoms with Gasteiger partial charge in [-0.3, -0.25) is 4.79 Å². The third-order valence-electron chi connectivity index (χ3n) is 2.56. The third-order valence-corrected chi connectivity index (χ3v) is 2.56. The molecule has 0 spiro atoms. The molecular formula is C13H13NO2. The maximum Gasteiger partial charge on any atom is 0.212 e. The number of hydrogen-bond acceptors (Lipinski definition) is 2. The Balaban J connectivity index is 2.27. The number of ketones is 1. The Kier molecular flexibility index (Phi) is 2.88. The highest BCUT2D eigenvalue weighted by Gasteiger charge is 2.20. The van der Waals surface area contributed by atoms with Gasteiger partial charge >= 0.3 is 0 Å². The van der Waals surface area contributed by atoms with Gasteiger partial charge in [0.2, 0.25) is 5.78 Å². The van der Waals surface area contributed by atoms with Gasteiger partial charge in [0.15, 0.2) is 0 Å². The molecule has 82 valence electrons. The average Bonchev–Trinajstić information content (AvgIpc) is 2.75. The number of nitrogens with zero attached hydrogens (tertiary/aromatic N) is 1. The van der Waals surface area contributed by atoms with Crippen LogP contribution in [0.3, 0.4) is 0 Å². The van der Waals surface area contributed by atoms with Crippen LogP contribution in [0, 0.1) is 0 Å². The van der Waals surface area contributed by atoms with E-state index in [0.717, 1.165) is 0 Å². The van der Waals surface area contributed by atoms with Crippen molar-refractivity contribution in [3.63, 3.8) is 0 Å². The van der Waals surface area contributed by atoms with Gasteiger partial charge < -0.3 is 9.67 Å². The lowest BCUT2D eigenvalue weighted by Crippen LogP contribution is -2.15. The normalized spacial score (nSPS) is 12.4. The molecule has 1 heterocycles. The van der Waals surface area contributed by atoms with Crippen LogP contribution in [-0.4, -0.2) is 15.5 Å². The Labute approximate surface area is 94.0 Å². The number of Topliss-reactive ketones (excluding diaryl/α,β-unsaturated/α-hetero) is 1. The van der Waals surface area contributed by atoms with E-state index < -0.39 is 6.10 Å². The number of rotatable bonds is 3. The molecule has 0 bridgehead atoms. The van der Waals surface area contributed by atoms with E-state index in [4.69, 9.17) is 0 Å². The summed E-state index contributed by atoms with van der Waals surface area (Å²) in [7, 11) is 1.78. The van der Waals surface area contributed by atoms with Gasteiger partial charge in [0.25, 0.3) is 0 Å².